The van der Waals surface area contributed by atoms with Crippen LogP contribution in [0.1, 0.15) is 16.9 Å². The van der Waals surface area contributed by atoms with Gasteiger partial charge in [-0.3, -0.25) is 19.4 Å². The van der Waals surface area contributed by atoms with Crippen molar-refractivity contribution in [2.45, 2.75) is 18.0 Å². The third kappa shape index (κ3) is 2.03. The molecule has 22 heavy (non-hydrogen) atoms. The minimum atomic E-state index is -1.62. The average Bonchev–Trinajstić information content (AvgIpc) is 3.17. The number of hydrogen-bond donors (Lipinski definition) is 4. The number of amides is 1. The van der Waals surface area contributed by atoms with Crippen molar-refractivity contribution in [1.29, 1.82) is 0 Å². The second-order valence-corrected chi connectivity index (χ2v) is 5.81. The zero-order chi connectivity index (χ0) is 16.1. The van der Waals surface area contributed by atoms with E-state index < -0.39 is 47.2 Å². The van der Waals surface area contributed by atoms with Crippen LogP contribution in [0.5, 0.6) is 0 Å². The molecule has 8 nitrogen and oxygen atoms in total. The molecule has 4 unspecified atom stereocenters. The van der Waals surface area contributed by atoms with E-state index in [1.54, 1.807) is 12.1 Å². The summed E-state index contributed by atoms with van der Waals surface area (Å²) in [6.07, 6.45) is 1.48. The van der Waals surface area contributed by atoms with Gasteiger partial charge in [0.25, 0.3) is 5.91 Å². The topological polar surface area (TPSA) is 143 Å². The van der Waals surface area contributed by atoms with Gasteiger partial charge in [-0.25, -0.2) is 0 Å². The van der Waals surface area contributed by atoms with E-state index in [-0.39, 0.29) is 12.1 Å². The molecule has 1 amide bonds. The molecule has 8 heteroatoms. The lowest BCUT2D eigenvalue weighted by atomic mass is 9.90. The Labute approximate surface area is 125 Å². The Hall–Kier alpha value is -2.48. The first-order valence-electron chi connectivity index (χ1n) is 6.83. The Morgan fingerprint density at radius 2 is 2.05 bits per heavy atom. The number of carboxylic acids is 2. The molecule has 116 valence electrons. The molecule has 5 atom stereocenters. The third-order valence-corrected chi connectivity index (χ3v) is 4.59. The van der Waals surface area contributed by atoms with Crippen molar-refractivity contribution in [2.24, 2.45) is 23.5 Å². The van der Waals surface area contributed by atoms with E-state index >= 15 is 0 Å². The summed E-state index contributed by atoms with van der Waals surface area (Å²) < 4.78 is 0. The van der Waals surface area contributed by atoms with Crippen LogP contribution in [0.4, 0.5) is 0 Å². The summed E-state index contributed by atoms with van der Waals surface area (Å²) in [6, 6.07) is 4.26. The Morgan fingerprint density at radius 1 is 1.32 bits per heavy atom. The molecule has 2 saturated carbocycles. The fraction of sp³-hybridized carbons (Fsp3) is 0.429. The smallest absolute Gasteiger partial charge is 0.324 e. The predicted molar refractivity (Wildman–Crippen MR) is 72.8 cm³/mol. The lowest BCUT2D eigenvalue weighted by Gasteiger charge is -2.24. The van der Waals surface area contributed by atoms with Gasteiger partial charge in [-0.2, -0.15) is 0 Å². The van der Waals surface area contributed by atoms with E-state index in [1.165, 1.54) is 12.3 Å². The van der Waals surface area contributed by atoms with E-state index in [1.807, 2.05) is 0 Å². The highest BCUT2D eigenvalue weighted by molar-refractivity contribution is 5.93. The van der Waals surface area contributed by atoms with Crippen molar-refractivity contribution in [2.75, 3.05) is 0 Å². The summed E-state index contributed by atoms with van der Waals surface area (Å²) in [4.78, 5) is 38.6. The van der Waals surface area contributed by atoms with Crippen LogP contribution in [0.15, 0.2) is 24.4 Å². The molecule has 5 N–H and O–H groups in total. The third-order valence-electron chi connectivity index (χ3n) is 4.59. The highest BCUT2D eigenvalue weighted by Gasteiger charge is 2.74. The van der Waals surface area contributed by atoms with Crippen molar-refractivity contribution in [3.05, 3.63) is 30.1 Å². The minimum absolute atomic E-state index is 0.0139. The zero-order valence-corrected chi connectivity index (χ0v) is 11.5. The SMILES string of the molecule is NC1(C(=O)O)CC(NC(=O)c2ccccn2)C2C1[C@H]2C(=O)O. The molecule has 1 aromatic heterocycles. The van der Waals surface area contributed by atoms with E-state index in [4.69, 9.17) is 10.8 Å². The van der Waals surface area contributed by atoms with Crippen LogP contribution in [0.3, 0.4) is 0 Å². The molecule has 1 heterocycles. The van der Waals surface area contributed by atoms with E-state index in [0.29, 0.717) is 0 Å². The maximum atomic E-state index is 12.1. The number of carbonyl (C=O) groups is 3. The molecule has 2 aliphatic rings. The van der Waals surface area contributed by atoms with Crippen molar-refractivity contribution in [3.8, 4) is 0 Å². The largest absolute Gasteiger partial charge is 0.481 e. The number of pyridine rings is 1. The van der Waals surface area contributed by atoms with Gasteiger partial charge in [0.1, 0.15) is 11.2 Å². The molecule has 2 fully saturated rings. The predicted octanol–water partition coefficient (Wildman–Crippen LogP) is -0.687. The summed E-state index contributed by atoms with van der Waals surface area (Å²) in [5, 5.41) is 21.1. The van der Waals surface area contributed by atoms with E-state index in [0.717, 1.165) is 0 Å². The highest BCUT2D eigenvalue weighted by Crippen LogP contribution is 2.61. The number of aromatic nitrogens is 1. The Balaban J connectivity index is 1.79. The van der Waals surface area contributed by atoms with Gasteiger partial charge in [-0.1, -0.05) is 6.07 Å². The zero-order valence-electron chi connectivity index (χ0n) is 11.5. The highest BCUT2D eigenvalue weighted by atomic mass is 16.4. The number of carbonyl (C=O) groups excluding carboxylic acids is 1. The molecular weight excluding hydrogens is 290 g/mol. The number of fused-ring (bicyclic) bond motifs is 1. The number of carboxylic acid groups (broad SMARTS) is 2. The lowest BCUT2D eigenvalue weighted by Crippen LogP contribution is -2.52. The average molecular weight is 305 g/mol. The van der Waals surface area contributed by atoms with Crippen molar-refractivity contribution in [3.63, 3.8) is 0 Å². The number of nitrogens with two attached hydrogens (primary N) is 1. The summed E-state index contributed by atoms with van der Waals surface area (Å²) in [7, 11) is 0. The minimum Gasteiger partial charge on any atom is -0.481 e. The Bertz CT molecular complexity index is 649. The molecule has 0 spiro atoms. The maximum Gasteiger partial charge on any atom is 0.324 e. The molecule has 0 bridgehead atoms. The summed E-state index contributed by atoms with van der Waals surface area (Å²) in [6.45, 7) is 0. The van der Waals surface area contributed by atoms with Crippen LogP contribution in [0.25, 0.3) is 0 Å². The molecule has 1 aromatic rings. The summed E-state index contributed by atoms with van der Waals surface area (Å²) in [5.41, 5.74) is 4.47. The molecule has 3 rings (SSSR count). The summed E-state index contributed by atoms with van der Waals surface area (Å²) in [5.74, 6) is -4.72. The molecule has 0 aromatic carbocycles. The quantitative estimate of drug-likeness (QED) is 0.576. The number of hydrogen-bond acceptors (Lipinski definition) is 5. The first-order valence-corrected chi connectivity index (χ1v) is 6.83. The van der Waals surface area contributed by atoms with Crippen LogP contribution >= 0.6 is 0 Å². The molecular formula is C14H15N3O5. The Kier molecular flexibility index (Phi) is 3.13. The van der Waals surface area contributed by atoms with E-state index in [2.05, 4.69) is 10.3 Å². The second-order valence-electron chi connectivity index (χ2n) is 5.81. The second kappa shape index (κ2) is 4.77. The van der Waals surface area contributed by atoms with Gasteiger partial charge in [-0.15, -0.1) is 0 Å². The lowest BCUT2D eigenvalue weighted by molar-refractivity contribution is -0.145. The van der Waals surface area contributed by atoms with E-state index in [9.17, 15) is 19.5 Å². The van der Waals surface area contributed by atoms with Crippen LogP contribution < -0.4 is 11.1 Å². The van der Waals surface area contributed by atoms with Gasteiger partial charge in [0.2, 0.25) is 0 Å². The number of aliphatic carboxylic acids is 2. The van der Waals surface area contributed by atoms with Gasteiger partial charge < -0.3 is 21.3 Å². The van der Waals surface area contributed by atoms with Crippen LogP contribution in [-0.2, 0) is 9.59 Å². The monoisotopic (exact) mass is 305 g/mol. The first kappa shape index (κ1) is 14.5. The van der Waals surface area contributed by atoms with Gasteiger partial charge in [0.15, 0.2) is 0 Å². The van der Waals surface area contributed by atoms with Crippen LogP contribution in [-0.4, -0.2) is 44.6 Å². The maximum absolute atomic E-state index is 12.1. The molecule has 2 aliphatic carbocycles. The Morgan fingerprint density at radius 3 is 2.59 bits per heavy atom. The van der Waals surface area contributed by atoms with Gasteiger partial charge in [-0.05, 0) is 24.5 Å². The fourth-order valence-corrected chi connectivity index (χ4v) is 3.57. The number of nitrogens with one attached hydrogen (secondary N) is 1. The molecule has 0 aliphatic heterocycles. The van der Waals surface area contributed by atoms with Crippen molar-refractivity contribution in [1.82, 2.24) is 10.3 Å². The fourth-order valence-electron chi connectivity index (χ4n) is 3.57. The van der Waals surface area contributed by atoms with Crippen LogP contribution in [0.2, 0.25) is 0 Å². The number of nitrogens with zero attached hydrogens (tertiary/aromatic N) is 1. The van der Waals surface area contributed by atoms with Gasteiger partial charge in [0, 0.05) is 18.2 Å². The molecule has 0 radical (unpaired) electrons. The van der Waals surface area contributed by atoms with Crippen molar-refractivity contribution < 1.29 is 24.6 Å². The number of rotatable bonds is 4. The van der Waals surface area contributed by atoms with Gasteiger partial charge in [0.05, 0.1) is 5.92 Å². The first-order chi connectivity index (χ1) is 10.4. The standard InChI is InChI=1S/C14H15N3O5/c15-14(13(21)22)5-7(8-9(10(8)14)12(19)20)17-11(18)6-3-1-2-4-16-6/h1-4,7-10H,5,15H2,(H,17,18)(H,19,20)(H,21,22)/t7?,8?,9-,10?,14?/m0/s1. The summed E-state index contributed by atoms with van der Waals surface area (Å²) >= 11 is 0. The molecule has 0 saturated heterocycles. The normalized spacial score (nSPS) is 35.5. The van der Waals surface area contributed by atoms with Crippen molar-refractivity contribution >= 4 is 17.8 Å². The van der Waals surface area contributed by atoms with Crippen LogP contribution in [0, 0.1) is 17.8 Å². The van der Waals surface area contributed by atoms with Gasteiger partial charge >= 0.3 is 11.9 Å².